The van der Waals surface area contributed by atoms with E-state index in [1.54, 1.807) is 18.3 Å². The number of nitrogens with zero attached hydrogens (tertiary/aromatic N) is 1. The molecule has 1 N–H and O–H groups in total. The second kappa shape index (κ2) is 4.00. The van der Waals surface area contributed by atoms with Crippen LogP contribution in [0.25, 0.3) is 11.1 Å². The molecule has 0 aliphatic heterocycles. The Kier molecular flexibility index (Phi) is 2.54. The first-order chi connectivity index (χ1) is 7.29. The minimum atomic E-state index is -0.261. The van der Waals surface area contributed by atoms with E-state index in [0.717, 1.165) is 11.1 Å². The monoisotopic (exact) mass is 200 g/mol. The highest BCUT2D eigenvalue weighted by atomic mass is 19.1. The van der Waals surface area contributed by atoms with Crippen LogP contribution in [0.2, 0.25) is 0 Å². The Balaban J connectivity index is 2.41. The van der Waals surface area contributed by atoms with Gasteiger partial charge in [0.1, 0.15) is 5.82 Å². The SMILES string of the molecule is N=Cc1ccc(-c2cccc(F)c2)cn1. The summed E-state index contributed by atoms with van der Waals surface area (Å²) in [6, 6.07) is 9.90. The number of rotatable bonds is 2. The van der Waals surface area contributed by atoms with Crippen molar-refractivity contribution in [2.24, 2.45) is 0 Å². The maximum atomic E-state index is 12.9. The van der Waals surface area contributed by atoms with Crippen LogP contribution in [0.3, 0.4) is 0 Å². The van der Waals surface area contributed by atoms with Gasteiger partial charge in [-0.05, 0) is 23.8 Å². The molecular formula is C12H9FN2. The summed E-state index contributed by atoms with van der Waals surface area (Å²) in [7, 11) is 0. The average Bonchev–Trinajstić information content (AvgIpc) is 2.29. The Morgan fingerprint density at radius 3 is 2.60 bits per heavy atom. The summed E-state index contributed by atoms with van der Waals surface area (Å²) in [6.07, 6.45) is 2.81. The van der Waals surface area contributed by atoms with E-state index in [-0.39, 0.29) is 5.82 Å². The van der Waals surface area contributed by atoms with Gasteiger partial charge in [0.05, 0.1) is 5.69 Å². The summed E-state index contributed by atoms with van der Waals surface area (Å²) < 4.78 is 12.9. The predicted octanol–water partition coefficient (Wildman–Crippen LogP) is 2.89. The highest BCUT2D eigenvalue weighted by molar-refractivity contribution is 5.75. The summed E-state index contributed by atoms with van der Waals surface area (Å²) in [6.45, 7) is 0. The zero-order valence-electron chi connectivity index (χ0n) is 7.94. The third-order valence-corrected chi connectivity index (χ3v) is 2.09. The van der Waals surface area contributed by atoms with E-state index in [2.05, 4.69) is 4.98 Å². The van der Waals surface area contributed by atoms with Crippen LogP contribution in [0.1, 0.15) is 5.69 Å². The normalized spacial score (nSPS) is 9.93. The van der Waals surface area contributed by atoms with Gasteiger partial charge in [0, 0.05) is 18.0 Å². The van der Waals surface area contributed by atoms with Crippen LogP contribution in [-0.4, -0.2) is 11.2 Å². The Morgan fingerprint density at radius 1 is 1.13 bits per heavy atom. The molecule has 2 aromatic rings. The lowest BCUT2D eigenvalue weighted by atomic mass is 10.1. The van der Waals surface area contributed by atoms with E-state index < -0.39 is 0 Å². The van der Waals surface area contributed by atoms with Gasteiger partial charge in [-0.3, -0.25) is 4.98 Å². The molecule has 2 nitrogen and oxygen atoms in total. The lowest BCUT2D eigenvalue weighted by Gasteiger charge is -2.01. The molecular weight excluding hydrogens is 191 g/mol. The van der Waals surface area contributed by atoms with Crippen molar-refractivity contribution in [2.75, 3.05) is 0 Å². The van der Waals surface area contributed by atoms with E-state index in [9.17, 15) is 4.39 Å². The van der Waals surface area contributed by atoms with Crippen molar-refractivity contribution in [1.29, 1.82) is 5.41 Å². The second-order valence-corrected chi connectivity index (χ2v) is 3.13. The van der Waals surface area contributed by atoms with Crippen molar-refractivity contribution in [3.05, 3.63) is 54.1 Å². The Morgan fingerprint density at radius 2 is 2.00 bits per heavy atom. The molecule has 0 spiro atoms. The first-order valence-electron chi connectivity index (χ1n) is 4.52. The van der Waals surface area contributed by atoms with Gasteiger partial charge in [0.15, 0.2) is 0 Å². The average molecular weight is 200 g/mol. The van der Waals surface area contributed by atoms with E-state index >= 15 is 0 Å². The predicted molar refractivity (Wildman–Crippen MR) is 57.5 cm³/mol. The molecule has 2 rings (SSSR count). The van der Waals surface area contributed by atoms with Crippen LogP contribution >= 0.6 is 0 Å². The molecule has 3 heteroatoms. The fraction of sp³-hybridized carbons (Fsp3) is 0. The molecule has 0 saturated heterocycles. The van der Waals surface area contributed by atoms with Crippen molar-refractivity contribution in [2.45, 2.75) is 0 Å². The lowest BCUT2D eigenvalue weighted by molar-refractivity contribution is 0.628. The standard InChI is InChI=1S/C12H9FN2/c13-11-3-1-2-9(6-11)10-4-5-12(7-14)15-8-10/h1-8,14H. The summed E-state index contributed by atoms with van der Waals surface area (Å²) in [4.78, 5) is 4.04. The van der Waals surface area contributed by atoms with Gasteiger partial charge in [-0.1, -0.05) is 18.2 Å². The van der Waals surface area contributed by atoms with E-state index in [1.807, 2.05) is 12.1 Å². The molecule has 74 valence electrons. The molecule has 1 aromatic carbocycles. The molecule has 1 heterocycles. The number of hydrogen-bond donors (Lipinski definition) is 1. The number of halogens is 1. The van der Waals surface area contributed by atoms with Gasteiger partial charge in [0.25, 0.3) is 0 Å². The second-order valence-electron chi connectivity index (χ2n) is 3.13. The third-order valence-electron chi connectivity index (χ3n) is 2.09. The number of aromatic nitrogens is 1. The molecule has 15 heavy (non-hydrogen) atoms. The zero-order chi connectivity index (χ0) is 10.7. The fourth-order valence-corrected chi connectivity index (χ4v) is 1.33. The largest absolute Gasteiger partial charge is 0.307 e. The van der Waals surface area contributed by atoms with Crippen LogP contribution in [-0.2, 0) is 0 Å². The smallest absolute Gasteiger partial charge is 0.123 e. The molecule has 0 amide bonds. The van der Waals surface area contributed by atoms with Crippen molar-refractivity contribution >= 4 is 6.21 Å². The van der Waals surface area contributed by atoms with E-state index in [0.29, 0.717) is 5.69 Å². The molecule has 1 aromatic heterocycles. The molecule has 0 aliphatic carbocycles. The molecule has 0 saturated carbocycles. The van der Waals surface area contributed by atoms with Crippen LogP contribution in [0.5, 0.6) is 0 Å². The lowest BCUT2D eigenvalue weighted by Crippen LogP contribution is -1.87. The quantitative estimate of drug-likeness (QED) is 0.743. The fourth-order valence-electron chi connectivity index (χ4n) is 1.33. The summed E-state index contributed by atoms with van der Waals surface area (Å²) in [5, 5.41) is 7.01. The van der Waals surface area contributed by atoms with Crippen LogP contribution in [0.15, 0.2) is 42.6 Å². The van der Waals surface area contributed by atoms with Gasteiger partial charge in [-0.25, -0.2) is 4.39 Å². The van der Waals surface area contributed by atoms with E-state index in [1.165, 1.54) is 18.3 Å². The molecule has 0 aliphatic rings. The molecule has 0 radical (unpaired) electrons. The summed E-state index contributed by atoms with van der Waals surface area (Å²) >= 11 is 0. The minimum absolute atomic E-state index is 0.261. The van der Waals surface area contributed by atoms with Crippen LogP contribution < -0.4 is 0 Å². The highest BCUT2D eigenvalue weighted by Gasteiger charge is 1.99. The maximum absolute atomic E-state index is 12.9. The van der Waals surface area contributed by atoms with Crippen molar-refractivity contribution < 1.29 is 4.39 Å². The zero-order valence-corrected chi connectivity index (χ0v) is 7.94. The molecule has 0 bridgehead atoms. The van der Waals surface area contributed by atoms with Gasteiger partial charge in [-0.15, -0.1) is 0 Å². The van der Waals surface area contributed by atoms with Crippen molar-refractivity contribution in [3.63, 3.8) is 0 Å². The van der Waals surface area contributed by atoms with Crippen molar-refractivity contribution in [1.82, 2.24) is 4.98 Å². The topological polar surface area (TPSA) is 36.7 Å². The Hall–Kier alpha value is -2.03. The summed E-state index contributed by atoms with van der Waals surface area (Å²) in [5.74, 6) is -0.261. The Bertz CT molecular complexity index is 477. The van der Waals surface area contributed by atoms with Crippen LogP contribution in [0, 0.1) is 11.2 Å². The van der Waals surface area contributed by atoms with Gasteiger partial charge in [-0.2, -0.15) is 0 Å². The third kappa shape index (κ3) is 2.07. The first-order valence-corrected chi connectivity index (χ1v) is 4.52. The van der Waals surface area contributed by atoms with Gasteiger partial charge >= 0.3 is 0 Å². The van der Waals surface area contributed by atoms with E-state index in [4.69, 9.17) is 5.41 Å². The maximum Gasteiger partial charge on any atom is 0.123 e. The Labute approximate surface area is 86.9 Å². The number of hydrogen-bond acceptors (Lipinski definition) is 2. The minimum Gasteiger partial charge on any atom is -0.307 e. The molecule has 0 unspecified atom stereocenters. The van der Waals surface area contributed by atoms with Gasteiger partial charge in [0.2, 0.25) is 0 Å². The molecule has 0 fully saturated rings. The first kappa shape index (κ1) is 9.52. The number of pyridine rings is 1. The van der Waals surface area contributed by atoms with Gasteiger partial charge < -0.3 is 5.41 Å². The summed E-state index contributed by atoms with van der Waals surface area (Å²) in [5.41, 5.74) is 2.23. The molecule has 0 atom stereocenters. The number of nitrogens with one attached hydrogen (secondary N) is 1. The van der Waals surface area contributed by atoms with Crippen LogP contribution in [0.4, 0.5) is 4.39 Å². The highest BCUT2D eigenvalue weighted by Crippen LogP contribution is 2.18. The number of benzene rings is 1. The van der Waals surface area contributed by atoms with Crippen molar-refractivity contribution in [3.8, 4) is 11.1 Å².